The number of nitrogens with one attached hydrogen (secondary N) is 1. The van der Waals surface area contributed by atoms with E-state index in [4.69, 9.17) is 0 Å². The Morgan fingerprint density at radius 2 is 1.37 bits per heavy atom. The maximum Gasteiger partial charge on any atom is 0.264 e. The van der Waals surface area contributed by atoms with Crippen LogP contribution in [0.5, 0.6) is 0 Å². The Balaban J connectivity index is 1.81. The Morgan fingerprint density at radius 1 is 0.761 bits per heavy atom. The minimum Gasteiger partial charge on any atom is -0.354 e. The number of rotatable bonds is 14. The molecular formula is C38H45N3O4S. The van der Waals surface area contributed by atoms with Crippen LogP contribution in [0.4, 0.5) is 5.69 Å². The van der Waals surface area contributed by atoms with Gasteiger partial charge in [0.15, 0.2) is 0 Å². The van der Waals surface area contributed by atoms with Gasteiger partial charge in [-0.3, -0.25) is 13.9 Å². The molecule has 0 saturated carbocycles. The summed E-state index contributed by atoms with van der Waals surface area (Å²) in [6.45, 7) is 9.87. The average Bonchev–Trinajstić information content (AvgIpc) is 3.03. The van der Waals surface area contributed by atoms with Crippen LogP contribution in [-0.4, -0.2) is 44.3 Å². The van der Waals surface area contributed by atoms with E-state index in [2.05, 4.69) is 12.2 Å². The third-order valence-electron chi connectivity index (χ3n) is 8.08. The molecule has 7 nitrogen and oxygen atoms in total. The zero-order valence-electron chi connectivity index (χ0n) is 27.5. The SMILES string of the molecule is CCCCNC(=O)[C@@H](Cc1ccccc1)N(Cc1ccc(C)cc1)C(=O)CN(c1ccc(C)cc1C)S(=O)(=O)c1ccc(C)cc1. The number of sulfonamides is 1. The van der Waals surface area contributed by atoms with Gasteiger partial charge in [-0.1, -0.05) is 109 Å². The fourth-order valence-corrected chi connectivity index (χ4v) is 6.87. The number of aryl methyl sites for hydroxylation is 4. The van der Waals surface area contributed by atoms with Crippen LogP contribution in [0.15, 0.2) is 102 Å². The molecule has 0 radical (unpaired) electrons. The quantitative estimate of drug-likeness (QED) is 0.156. The molecule has 46 heavy (non-hydrogen) atoms. The van der Waals surface area contributed by atoms with E-state index in [1.165, 1.54) is 4.31 Å². The van der Waals surface area contributed by atoms with Crippen LogP contribution in [0.2, 0.25) is 0 Å². The molecule has 0 aliphatic rings. The van der Waals surface area contributed by atoms with Crippen molar-refractivity contribution in [2.24, 2.45) is 0 Å². The first-order valence-electron chi connectivity index (χ1n) is 15.8. The number of hydrogen-bond donors (Lipinski definition) is 1. The van der Waals surface area contributed by atoms with E-state index < -0.39 is 28.5 Å². The molecule has 0 unspecified atom stereocenters. The predicted octanol–water partition coefficient (Wildman–Crippen LogP) is 6.67. The predicted molar refractivity (Wildman–Crippen MR) is 185 cm³/mol. The van der Waals surface area contributed by atoms with E-state index >= 15 is 0 Å². The Bertz CT molecular complexity index is 1720. The van der Waals surface area contributed by atoms with Crippen LogP contribution in [0.3, 0.4) is 0 Å². The second kappa shape index (κ2) is 15.7. The summed E-state index contributed by atoms with van der Waals surface area (Å²) in [5.41, 5.74) is 5.87. The fraction of sp³-hybridized carbons (Fsp3) is 0.316. The van der Waals surface area contributed by atoms with Crippen molar-refractivity contribution < 1.29 is 18.0 Å². The Kier molecular flexibility index (Phi) is 11.8. The summed E-state index contributed by atoms with van der Waals surface area (Å²) in [5.74, 6) is -0.736. The lowest BCUT2D eigenvalue weighted by Gasteiger charge is -2.34. The van der Waals surface area contributed by atoms with E-state index in [1.54, 1.807) is 35.2 Å². The van der Waals surface area contributed by atoms with E-state index in [0.29, 0.717) is 12.2 Å². The van der Waals surface area contributed by atoms with Gasteiger partial charge in [-0.2, -0.15) is 0 Å². The molecule has 0 spiro atoms. The fourth-order valence-electron chi connectivity index (χ4n) is 5.39. The highest BCUT2D eigenvalue weighted by molar-refractivity contribution is 7.92. The molecule has 0 aliphatic carbocycles. The summed E-state index contributed by atoms with van der Waals surface area (Å²) < 4.78 is 29.7. The molecule has 0 fully saturated rings. The number of carbonyl (C=O) groups is 2. The van der Waals surface area contributed by atoms with Crippen molar-refractivity contribution in [2.75, 3.05) is 17.4 Å². The topological polar surface area (TPSA) is 86.8 Å². The lowest BCUT2D eigenvalue weighted by atomic mass is 10.0. The van der Waals surface area contributed by atoms with Gasteiger partial charge in [-0.05, 0) is 69.0 Å². The van der Waals surface area contributed by atoms with Crippen LogP contribution >= 0.6 is 0 Å². The van der Waals surface area contributed by atoms with E-state index in [9.17, 15) is 18.0 Å². The van der Waals surface area contributed by atoms with E-state index in [-0.39, 0.29) is 23.8 Å². The summed E-state index contributed by atoms with van der Waals surface area (Å²) in [5, 5.41) is 3.03. The van der Waals surface area contributed by atoms with Gasteiger partial charge in [-0.15, -0.1) is 0 Å². The highest BCUT2D eigenvalue weighted by Crippen LogP contribution is 2.29. The number of benzene rings is 4. The van der Waals surface area contributed by atoms with Gasteiger partial charge in [0.2, 0.25) is 11.8 Å². The average molecular weight is 640 g/mol. The molecular weight excluding hydrogens is 595 g/mol. The molecule has 8 heteroatoms. The molecule has 0 heterocycles. The number of hydrogen-bond acceptors (Lipinski definition) is 4. The highest BCUT2D eigenvalue weighted by Gasteiger charge is 2.35. The van der Waals surface area contributed by atoms with Crippen LogP contribution in [0, 0.1) is 27.7 Å². The first-order valence-corrected chi connectivity index (χ1v) is 17.3. The summed E-state index contributed by atoms with van der Waals surface area (Å²) in [4.78, 5) is 30.1. The molecule has 0 aliphatic heterocycles. The molecule has 0 saturated heterocycles. The molecule has 4 aromatic carbocycles. The first-order chi connectivity index (χ1) is 22.0. The first kappa shape index (κ1) is 34.4. The molecule has 1 N–H and O–H groups in total. The van der Waals surface area contributed by atoms with Crippen molar-refractivity contribution in [3.05, 3.63) is 130 Å². The third-order valence-corrected chi connectivity index (χ3v) is 9.86. The second-order valence-corrected chi connectivity index (χ2v) is 13.8. The van der Waals surface area contributed by atoms with Crippen LogP contribution in [0.1, 0.15) is 53.1 Å². The minimum absolute atomic E-state index is 0.0918. The number of anilines is 1. The van der Waals surface area contributed by atoms with Crippen molar-refractivity contribution in [1.82, 2.24) is 10.2 Å². The summed E-state index contributed by atoms with van der Waals surface area (Å²) in [6, 6.07) is 28.6. The Morgan fingerprint density at radius 3 is 1.98 bits per heavy atom. The number of amides is 2. The van der Waals surface area contributed by atoms with Gasteiger partial charge in [0.25, 0.3) is 10.0 Å². The van der Waals surface area contributed by atoms with Gasteiger partial charge < -0.3 is 10.2 Å². The maximum absolute atomic E-state index is 14.6. The standard InChI is InChI=1S/C38H45N3O4S/c1-6-7-23-39-38(43)36(25-32-11-9-8-10-12-32)40(26-33-18-13-28(2)14-19-33)37(42)27-41(35-22-17-30(4)24-31(35)5)46(44,45)34-20-15-29(3)16-21-34/h8-22,24,36H,6-7,23,25-27H2,1-5H3,(H,39,43)/t36-/m1/s1. The van der Waals surface area contributed by atoms with Gasteiger partial charge in [0.1, 0.15) is 12.6 Å². The van der Waals surface area contributed by atoms with Crippen LogP contribution in [-0.2, 0) is 32.6 Å². The summed E-state index contributed by atoms with van der Waals surface area (Å²) in [6.07, 6.45) is 2.01. The van der Waals surface area contributed by atoms with Crippen molar-refractivity contribution >= 4 is 27.5 Å². The Labute approximate surface area is 274 Å². The monoisotopic (exact) mass is 639 g/mol. The molecule has 4 rings (SSSR count). The number of carbonyl (C=O) groups excluding carboxylic acids is 2. The molecule has 242 valence electrons. The molecule has 4 aromatic rings. The molecule has 2 amide bonds. The van der Waals surface area contributed by atoms with Crippen molar-refractivity contribution in [1.29, 1.82) is 0 Å². The molecule has 0 aromatic heterocycles. The van der Waals surface area contributed by atoms with Gasteiger partial charge in [0, 0.05) is 19.5 Å². The second-order valence-electron chi connectivity index (χ2n) is 12.0. The largest absolute Gasteiger partial charge is 0.354 e. The third kappa shape index (κ3) is 8.85. The van der Waals surface area contributed by atoms with Gasteiger partial charge >= 0.3 is 0 Å². The zero-order chi connectivity index (χ0) is 33.3. The van der Waals surface area contributed by atoms with Gasteiger partial charge in [0.05, 0.1) is 10.6 Å². The van der Waals surface area contributed by atoms with E-state index in [0.717, 1.165) is 46.2 Å². The number of unbranched alkanes of at least 4 members (excludes halogenated alkanes) is 1. The van der Waals surface area contributed by atoms with Crippen molar-refractivity contribution in [2.45, 2.75) is 71.4 Å². The molecule has 0 bridgehead atoms. The van der Waals surface area contributed by atoms with E-state index in [1.807, 2.05) is 94.4 Å². The zero-order valence-corrected chi connectivity index (χ0v) is 28.3. The van der Waals surface area contributed by atoms with Crippen molar-refractivity contribution in [3.8, 4) is 0 Å². The van der Waals surface area contributed by atoms with Crippen molar-refractivity contribution in [3.63, 3.8) is 0 Å². The maximum atomic E-state index is 14.6. The summed E-state index contributed by atoms with van der Waals surface area (Å²) in [7, 11) is -4.15. The van der Waals surface area contributed by atoms with Crippen LogP contribution in [0.25, 0.3) is 0 Å². The van der Waals surface area contributed by atoms with Crippen LogP contribution < -0.4 is 9.62 Å². The Hall–Kier alpha value is -4.43. The highest BCUT2D eigenvalue weighted by atomic mass is 32.2. The number of nitrogens with zero attached hydrogens (tertiary/aromatic N) is 2. The van der Waals surface area contributed by atoms with Gasteiger partial charge in [-0.25, -0.2) is 8.42 Å². The lowest BCUT2D eigenvalue weighted by Crippen LogP contribution is -2.53. The lowest BCUT2D eigenvalue weighted by molar-refractivity contribution is -0.140. The normalized spacial score (nSPS) is 11.9. The summed E-state index contributed by atoms with van der Waals surface area (Å²) >= 11 is 0. The smallest absolute Gasteiger partial charge is 0.264 e. The molecule has 1 atom stereocenters. The minimum atomic E-state index is -4.15.